The van der Waals surface area contributed by atoms with E-state index in [9.17, 15) is 14.7 Å². The van der Waals surface area contributed by atoms with E-state index in [0.717, 1.165) is 14.8 Å². The number of benzene rings is 1. The molecule has 0 bridgehead atoms. The molecule has 0 saturated heterocycles. The first-order valence-electron chi connectivity index (χ1n) is 6.21. The first kappa shape index (κ1) is 13.4. The smallest absolute Gasteiger partial charge is 0.335 e. The highest BCUT2D eigenvalue weighted by atomic mass is 127. The molecule has 1 heterocycles. The van der Waals surface area contributed by atoms with E-state index < -0.39 is 18.0 Å². The van der Waals surface area contributed by atoms with Crippen LogP contribution in [0.15, 0.2) is 24.3 Å². The lowest BCUT2D eigenvalue weighted by atomic mass is 9.79. The summed E-state index contributed by atoms with van der Waals surface area (Å²) in [7, 11) is 0. The summed E-state index contributed by atoms with van der Waals surface area (Å²) in [5.41, 5.74) is 1.86. The molecule has 3 rings (SSSR count). The highest BCUT2D eigenvalue weighted by molar-refractivity contribution is 14.1. The maximum atomic E-state index is 11.4. The van der Waals surface area contributed by atoms with Gasteiger partial charge in [-0.25, -0.2) is 9.59 Å². The van der Waals surface area contributed by atoms with Gasteiger partial charge in [-0.05, 0) is 46.7 Å². The van der Waals surface area contributed by atoms with Crippen LogP contribution in [0.3, 0.4) is 0 Å². The van der Waals surface area contributed by atoms with Crippen LogP contribution in [0.5, 0.6) is 0 Å². The zero-order valence-electron chi connectivity index (χ0n) is 10.3. The van der Waals surface area contributed by atoms with Gasteiger partial charge < -0.3 is 15.5 Å². The van der Waals surface area contributed by atoms with Crippen molar-refractivity contribution in [3.63, 3.8) is 0 Å². The van der Waals surface area contributed by atoms with Crippen LogP contribution < -0.4 is 5.32 Å². The first-order chi connectivity index (χ1) is 9.49. The maximum Gasteiger partial charge on any atom is 0.335 e. The molecule has 0 aromatic heterocycles. The van der Waals surface area contributed by atoms with Gasteiger partial charge in [0.05, 0.1) is 11.3 Å². The Bertz CT molecular complexity index is 640. The minimum absolute atomic E-state index is 0.0276. The lowest BCUT2D eigenvalue weighted by Crippen LogP contribution is -2.42. The minimum Gasteiger partial charge on any atom is -0.480 e. The van der Waals surface area contributed by atoms with E-state index in [0.29, 0.717) is 6.42 Å². The molecule has 0 spiro atoms. The summed E-state index contributed by atoms with van der Waals surface area (Å²) in [6.07, 6.45) is 4.66. The molecule has 0 fully saturated rings. The van der Waals surface area contributed by atoms with Crippen molar-refractivity contribution in [1.82, 2.24) is 0 Å². The number of hydrogen-bond acceptors (Lipinski definition) is 3. The van der Waals surface area contributed by atoms with Crippen molar-refractivity contribution in [2.75, 3.05) is 5.32 Å². The molecule has 0 saturated carbocycles. The van der Waals surface area contributed by atoms with Gasteiger partial charge >= 0.3 is 11.9 Å². The third-order valence-corrected chi connectivity index (χ3v) is 4.78. The van der Waals surface area contributed by atoms with Crippen LogP contribution in [0.1, 0.15) is 28.3 Å². The van der Waals surface area contributed by atoms with Gasteiger partial charge in [-0.1, -0.05) is 12.2 Å². The number of hydrogen-bond donors (Lipinski definition) is 3. The Labute approximate surface area is 128 Å². The second-order valence-corrected chi connectivity index (χ2v) is 6.20. The number of anilines is 1. The van der Waals surface area contributed by atoms with Gasteiger partial charge in [0.2, 0.25) is 0 Å². The van der Waals surface area contributed by atoms with Crippen molar-refractivity contribution >= 4 is 40.2 Å². The van der Waals surface area contributed by atoms with E-state index in [-0.39, 0.29) is 17.4 Å². The molecule has 3 atom stereocenters. The molecule has 1 aliphatic heterocycles. The lowest BCUT2D eigenvalue weighted by Gasteiger charge is -2.35. The molecule has 3 N–H and O–H groups in total. The second kappa shape index (κ2) is 4.76. The molecule has 1 aliphatic carbocycles. The SMILES string of the molecule is O=C(O)c1cc(I)c2c(c1)C1C=CCC1C(C(=O)O)N2. The Kier molecular flexibility index (Phi) is 3.19. The van der Waals surface area contributed by atoms with Crippen LogP contribution in [0.25, 0.3) is 0 Å². The predicted octanol–water partition coefficient (Wildman–Crippen LogP) is 2.53. The molecule has 1 aromatic carbocycles. The number of carboxylic acids is 2. The summed E-state index contributed by atoms with van der Waals surface area (Å²) in [4.78, 5) is 22.6. The summed E-state index contributed by atoms with van der Waals surface area (Å²) >= 11 is 2.05. The highest BCUT2D eigenvalue weighted by Crippen LogP contribution is 2.46. The number of aliphatic carboxylic acids is 1. The minimum atomic E-state index is -0.968. The third-order valence-electron chi connectivity index (χ3n) is 3.93. The third kappa shape index (κ3) is 1.98. The number of carbonyl (C=O) groups is 2. The Morgan fingerprint density at radius 1 is 1.30 bits per heavy atom. The average molecular weight is 385 g/mol. The Morgan fingerprint density at radius 3 is 2.70 bits per heavy atom. The van der Waals surface area contributed by atoms with Crippen LogP contribution in [-0.4, -0.2) is 28.2 Å². The molecule has 2 aliphatic rings. The summed E-state index contributed by atoms with van der Waals surface area (Å²) in [6.45, 7) is 0. The Hall–Kier alpha value is -1.57. The lowest BCUT2D eigenvalue weighted by molar-refractivity contribution is -0.139. The number of fused-ring (bicyclic) bond motifs is 3. The molecule has 0 amide bonds. The van der Waals surface area contributed by atoms with Crippen LogP contribution >= 0.6 is 22.6 Å². The second-order valence-electron chi connectivity index (χ2n) is 5.04. The zero-order chi connectivity index (χ0) is 14.4. The number of halogens is 1. The van der Waals surface area contributed by atoms with Crippen molar-refractivity contribution in [2.45, 2.75) is 18.4 Å². The summed E-state index contributed by atoms with van der Waals surface area (Å²) < 4.78 is 0.738. The average Bonchev–Trinajstić information content (AvgIpc) is 2.86. The van der Waals surface area contributed by atoms with Gasteiger partial charge in [-0.2, -0.15) is 0 Å². The Morgan fingerprint density at radius 2 is 2.05 bits per heavy atom. The van der Waals surface area contributed by atoms with Crippen molar-refractivity contribution in [1.29, 1.82) is 0 Å². The topological polar surface area (TPSA) is 86.6 Å². The monoisotopic (exact) mass is 385 g/mol. The predicted molar refractivity (Wildman–Crippen MR) is 81.2 cm³/mol. The number of allylic oxidation sites excluding steroid dienone is 2. The van der Waals surface area contributed by atoms with Crippen LogP contribution in [-0.2, 0) is 4.79 Å². The molecule has 3 unspecified atom stereocenters. The highest BCUT2D eigenvalue weighted by Gasteiger charge is 2.41. The van der Waals surface area contributed by atoms with Gasteiger partial charge in [0.1, 0.15) is 6.04 Å². The summed E-state index contributed by atoms with van der Waals surface area (Å²) in [5.74, 6) is -1.92. The quantitative estimate of drug-likeness (QED) is 0.538. The largest absolute Gasteiger partial charge is 0.480 e. The number of carboxylic acid groups (broad SMARTS) is 2. The molecular weight excluding hydrogens is 373 g/mol. The standard InChI is InChI=1S/C14H12INO4/c15-10-5-6(13(17)18)4-9-7-2-1-3-8(7)12(14(19)20)16-11(9)10/h1-2,4-5,7-8,12,16H,3H2,(H,17,18)(H,19,20). The van der Waals surface area contributed by atoms with Gasteiger partial charge in [0.25, 0.3) is 0 Å². The van der Waals surface area contributed by atoms with Crippen molar-refractivity contribution < 1.29 is 19.8 Å². The van der Waals surface area contributed by atoms with Gasteiger partial charge in [-0.3, -0.25) is 0 Å². The fourth-order valence-corrected chi connectivity index (χ4v) is 3.83. The summed E-state index contributed by atoms with van der Waals surface area (Å²) in [6, 6.07) is 2.58. The van der Waals surface area contributed by atoms with E-state index >= 15 is 0 Å². The van der Waals surface area contributed by atoms with E-state index in [4.69, 9.17) is 5.11 Å². The molecule has 5 nitrogen and oxygen atoms in total. The van der Waals surface area contributed by atoms with E-state index in [1.54, 1.807) is 12.1 Å². The maximum absolute atomic E-state index is 11.4. The fourth-order valence-electron chi connectivity index (χ4n) is 3.02. The van der Waals surface area contributed by atoms with E-state index in [2.05, 4.69) is 5.32 Å². The fraction of sp³-hybridized carbons (Fsp3) is 0.286. The first-order valence-corrected chi connectivity index (χ1v) is 7.29. The van der Waals surface area contributed by atoms with E-state index in [1.165, 1.54) is 0 Å². The molecule has 20 heavy (non-hydrogen) atoms. The van der Waals surface area contributed by atoms with Crippen LogP contribution in [0.2, 0.25) is 0 Å². The van der Waals surface area contributed by atoms with Gasteiger partial charge in [0, 0.05) is 15.4 Å². The molecular formula is C14H12INO4. The van der Waals surface area contributed by atoms with Crippen LogP contribution in [0, 0.1) is 9.49 Å². The number of aromatic carboxylic acids is 1. The van der Waals surface area contributed by atoms with Crippen LogP contribution in [0.4, 0.5) is 5.69 Å². The normalized spacial score (nSPS) is 26.6. The van der Waals surface area contributed by atoms with Gasteiger partial charge in [0.15, 0.2) is 0 Å². The van der Waals surface area contributed by atoms with E-state index in [1.807, 2.05) is 34.7 Å². The van der Waals surface area contributed by atoms with Crippen molar-refractivity contribution in [3.8, 4) is 0 Å². The van der Waals surface area contributed by atoms with Crippen molar-refractivity contribution in [3.05, 3.63) is 39.0 Å². The molecule has 6 heteroatoms. The Balaban J connectivity index is 2.15. The summed E-state index contributed by atoms with van der Waals surface area (Å²) in [5, 5.41) is 21.6. The number of nitrogens with one attached hydrogen (secondary N) is 1. The zero-order valence-corrected chi connectivity index (χ0v) is 12.5. The molecule has 1 aromatic rings. The number of rotatable bonds is 2. The van der Waals surface area contributed by atoms with Crippen molar-refractivity contribution in [2.24, 2.45) is 5.92 Å². The molecule has 104 valence electrons. The molecule has 0 radical (unpaired) electrons. The van der Waals surface area contributed by atoms with Gasteiger partial charge in [-0.15, -0.1) is 0 Å².